The molecular weight excluding hydrogens is 172 g/mol. The lowest BCUT2D eigenvalue weighted by atomic mass is 10.2. The van der Waals surface area contributed by atoms with Crippen molar-refractivity contribution in [1.29, 1.82) is 0 Å². The van der Waals surface area contributed by atoms with E-state index in [0.29, 0.717) is 5.92 Å². The molecule has 0 N–H and O–H groups in total. The first-order chi connectivity index (χ1) is 5.44. The Morgan fingerprint density at radius 1 is 1.58 bits per heavy atom. The molecule has 70 valence electrons. The summed E-state index contributed by atoms with van der Waals surface area (Å²) in [5, 5.41) is 0. The smallest absolute Gasteiger partial charge is 0.309 e. The van der Waals surface area contributed by atoms with Crippen molar-refractivity contribution in [3.8, 4) is 0 Å². The molecule has 0 aliphatic heterocycles. The molecule has 0 aromatic rings. The van der Waals surface area contributed by atoms with Crippen molar-refractivity contribution >= 4 is 18.6 Å². The van der Waals surface area contributed by atoms with Crippen molar-refractivity contribution in [1.82, 2.24) is 0 Å². The highest BCUT2D eigenvalue weighted by Crippen LogP contribution is 2.40. The molecule has 0 aromatic heterocycles. The summed E-state index contributed by atoms with van der Waals surface area (Å²) in [4.78, 5) is 11.3. The van der Waals surface area contributed by atoms with Crippen LogP contribution in [0.15, 0.2) is 0 Å². The molecule has 3 heteroatoms. The highest BCUT2D eigenvalue weighted by molar-refractivity contribution is 7.80. The highest BCUT2D eigenvalue weighted by atomic mass is 32.1. The Hall–Kier alpha value is -0.180. The van der Waals surface area contributed by atoms with Crippen LogP contribution in [0.3, 0.4) is 0 Å². The third-order valence-corrected chi connectivity index (χ3v) is 2.34. The van der Waals surface area contributed by atoms with E-state index in [0.717, 1.165) is 12.2 Å². The van der Waals surface area contributed by atoms with Crippen LogP contribution in [0, 0.1) is 11.8 Å². The van der Waals surface area contributed by atoms with E-state index in [1.54, 1.807) is 0 Å². The van der Waals surface area contributed by atoms with Gasteiger partial charge in [-0.2, -0.15) is 12.6 Å². The molecule has 0 bridgehead atoms. The number of thiol groups is 1. The van der Waals surface area contributed by atoms with E-state index >= 15 is 0 Å². The number of hydrogen-bond donors (Lipinski definition) is 1. The molecule has 0 radical (unpaired) electrons. The normalized spacial score (nSPS) is 28.3. The molecule has 0 spiro atoms. The van der Waals surface area contributed by atoms with Gasteiger partial charge in [0.25, 0.3) is 0 Å². The zero-order valence-corrected chi connectivity index (χ0v) is 8.73. The van der Waals surface area contributed by atoms with Gasteiger partial charge in [-0.3, -0.25) is 4.79 Å². The number of esters is 1. The predicted molar refractivity (Wildman–Crippen MR) is 51.3 cm³/mol. The average molecular weight is 188 g/mol. The van der Waals surface area contributed by atoms with Crippen LogP contribution in [0.2, 0.25) is 0 Å². The quantitative estimate of drug-likeness (QED) is 0.529. The predicted octanol–water partition coefficient (Wildman–Crippen LogP) is 1.89. The van der Waals surface area contributed by atoms with Crippen molar-refractivity contribution in [3.63, 3.8) is 0 Å². The second-order valence-electron chi connectivity index (χ2n) is 4.32. The topological polar surface area (TPSA) is 26.3 Å². The van der Waals surface area contributed by atoms with Crippen LogP contribution in [0.5, 0.6) is 0 Å². The summed E-state index contributed by atoms with van der Waals surface area (Å²) in [6, 6.07) is 0. The van der Waals surface area contributed by atoms with Crippen LogP contribution in [-0.4, -0.2) is 17.3 Å². The van der Waals surface area contributed by atoms with Gasteiger partial charge in [-0.05, 0) is 38.9 Å². The summed E-state index contributed by atoms with van der Waals surface area (Å²) < 4.78 is 5.22. The Kier molecular flexibility index (Phi) is 2.71. The number of carbonyl (C=O) groups excluding carboxylic acids is 1. The molecule has 0 amide bonds. The molecule has 1 aliphatic rings. The van der Waals surface area contributed by atoms with Crippen LogP contribution in [0.1, 0.15) is 27.2 Å². The van der Waals surface area contributed by atoms with Gasteiger partial charge in [0.15, 0.2) is 0 Å². The van der Waals surface area contributed by atoms with Gasteiger partial charge < -0.3 is 4.74 Å². The van der Waals surface area contributed by atoms with Crippen molar-refractivity contribution in [2.24, 2.45) is 11.8 Å². The third kappa shape index (κ3) is 2.70. The Morgan fingerprint density at radius 2 is 2.17 bits per heavy atom. The van der Waals surface area contributed by atoms with Gasteiger partial charge in [-0.15, -0.1) is 0 Å². The summed E-state index contributed by atoms with van der Waals surface area (Å²) >= 11 is 4.14. The van der Waals surface area contributed by atoms with Crippen molar-refractivity contribution in [3.05, 3.63) is 0 Å². The molecule has 1 rings (SSSR count). The van der Waals surface area contributed by atoms with Gasteiger partial charge in [0, 0.05) is 0 Å². The fourth-order valence-corrected chi connectivity index (χ4v) is 1.52. The molecule has 2 atom stereocenters. The summed E-state index contributed by atoms with van der Waals surface area (Å²) in [5.41, 5.74) is -0.346. The number of ether oxygens (including phenoxy) is 1. The Morgan fingerprint density at radius 3 is 2.50 bits per heavy atom. The van der Waals surface area contributed by atoms with E-state index in [2.05, 4.69) is 12.6 Å². The zero-order valence-electron chi connectivity index (χ0n) is 7.83. The summed E-state index contributed by atoms with van der Waals surface area (Å²) in [6.45, 7) is 5.68. The second-order valence-corrected chi connectivity index (χ2v) is 4.68. The summed E-state index contributed by atoms with van der Waals surface area (Å²) in [6.07, 6.45) is 0.957. The van der Waals surface area contributed by atoms with E-state index < -0.39 is 0 Å². The lowest BCUT2D eigenvalue weighted by Crippen LogP contribution is -2.25. The average Bonchev–Trinajstić information content (AvgIpc) is 2.60. The Balaban J connectivity index is 2.32. The first-order valence-electron chi connectivity index (χ1n) is 4.28. The van der Waals surface area contributed by atoms with Crippen LogP contribution < -0.4 is 0 Å². The highest BCUT2D eigenvalue weighted by Gasteiger charge is 2.44. The lowest BCUT2D eigenvalue weighted by molar-refractivity contribution is -0.156. The van der Waals surface area contributed by atoms with Gasteiger partial charge in [-0.1, -0.05) is 0 Å². The maximum absolute atomic E-state index is 11.3. The number of carbonyl (C=O) groups is 1. The van der Waals surface area contributed by atoms with Crippen LogP contribution in [-0.2, 0) is 9.53 Å². The fraction of sp³-hybridized carbons (Fsp3) is 0.889. The molecule has 1 fully saturated rings. The largest absolute Gasteiger partial charge is 0.460 e. The van der Waals surface area contributed by atoms with Gasteiger partial charge in [0.05, 0.1) is 5.92 Å². The van der Waals surface area contributed by atoms with Gasteiger partial charge in [-0.25, -0.2) is 0 Å². The molecule has 0 saturated heterocycles. The molecule has 2 nitrogen and oxygen atoms in total. The maximum atomic E-state index is 11.3. The SMILES string of the molecule is CC(C)(C)OC(=O)[C@@H]1C[C@H]1CS. The van der Waals surface area contributed by atoms with E-state index in [9.17, 15) is 4.79 Å². The molecule has 0 unspecified atom stereocenters. The first-order valence-corrected chi connectivity index (χ1v) is 4.91. The fourth-order valence-electron chi connectivity index (χ4n) is 1.12. The molecular formula is C9H16O2S. The van der Waals surface area contributed by atoms with Crippen molar-refractivity contribution < 1.29 is 9.53 Å². The molecule has 12 heavy (non-hydrogen) atoms. The minimum atomic E-state index is -0.346. The first kappa shape index (κ1) is 9.90. The number of rotatable bonds is 2. The molecule has 0 aromatic carbocycles. The van der Waals surface area contributed by atoms with Gasteiger partial charge in [0.1, 0.15) is 5.60 Å². The molecule has 1 aliphatic carbocycles. The van der Waals surface area contributed by atoms with E-state index in [1.807, 2.05) is 20.8 Å². The van der Waals surface area contributed by atoms with E-state index in [4.69, 9.17) is 4.74 Å². The van der Waals surface area contributed by atoms with Crippen LogP contribution in [0.4, 0.5) is 0 Å². The van der Waals surface area contributed by atoms with Crippen molar-refractivity contribution in [2.45, 2.75) is 32.8 Å². The monoisotopic (exact) mass is 188 g/mol. The Bertz CT molecular complexity index is 183. The van der Waals surface area contributed by atoms with E-state index in [1.165, 1.54) is 0 Å². The summed E-state index contributed by atoms with van der Waals surface area (Å²) in [7, 11) is 0. The Labute approximate surface area is 79.1 Å². The van der Waals surface area contributed by atoms with Gasteiger partial charge >= 0.3 is 5.97 Å². The van der Waals surface area contributed by atoms with Crippen LogP contribution in [0.25, 0.3) is 0 Å². The molecule has 1 saturated carbocycles. The van der Waals surface area contributed by atoms with Gasteiger partial charge in [0.2, 0.25) is 0 Å². The van der Waals surface area contributed by atoms with E-state index in [-0.39, 0.29) is 17.5 Å². The minimum Gasteiger partial charge on any atom is -0.460 e. The van der Waals surface area contributed by atoms with Crippen molar-refractivity contribution in [2.75, 3.05) is 5.75 Å². The zero-order chi connectivity index (χ0) is 9.35. The lowest BCUT2D eigenvalue weighted by Gasteiger charge is -2.19. The standard InChI is InChI=1S/C9H16O2S/c1-9(2,3)11-8(10)7-4-6(7)5-12/h6-7,12H,4-5H2,1-3H3/t6-,7+/m0/s1. The minimum absolute atomic E-state index is 0.0541. The van der Waals surface area contributed by atoms with Crippen LogP contribution >= 0.6 is 12.6 Å². The third-order valence-electron chi connectivity index (χ3n) is 1.87. The second kappa shape index (κ2) is 3.29. The summed E-state index contributed by atoms with van der Waals surface area (Å²) in [5.74, 6) is 1.33. The maximum Gasteiger partial charge on any atom is 0.309 e. The number of hydrogen-bond acceptors (Lipinski definition) is 3. The molecule has 0 heterocycles.